The lowest BCUT2D eigenvalue weighted by atomic mass is 9.77. The van der Waals surface area contributed by atoms with Gasteiger partial charge in [-0.05, 0) is 55.0 Å². The SMILES string of the molecule is CCC1C(C2CCCCC2)CN(c2ccccc2)c2cc(OCC(F)(F)F)c(-c3cc(C)c(C(=O)O)s3)cc2S1(=O)=O. The number of carboxylic acid groups (broad SMARTS) is 1. The molecule has 1 N–H and O–H groups in total. The number of hydrogen-bond acceptors (Lipinski definition) is 6. The second kappa shape index (κ2) is 11.9. The molecule has 0 saturated heterocycles. The highest BCUT2D eigenvalue weighted by atomic mass is 32.2. The first-order valence-corrected chi connectivity index (χ1v) is 16.5. The van der Waals surface area contributed by atoms with Gasteiger partial charge in [0, 0.05) is 28.7 Å². The molecule has 0 amide bonds. The lowest BCUT2D eigenvalue weighted by molar-refractivity contribution is -0.153. The molecule has 5 rings (SSSR count). The molecule has 42 heavy (non-hydrogen) atoms. The number of thiophene rings is 1. The number of aryl methyl sites for hydroxylation is 1. The minimum Gasteiger partial charge on any atom is -0.483 e. The van der Waals surface area contributed by atoms with Crippen LogP contribution in [0.5, 0.6) is 5.75 Å². The van der Waals surface area contributed by atoms with Gasteiger partial charge in [-0.1, -0.05) is 57.2 Å². The minimum absolute atomic E-state index is 0.0220. The zero-order valence-electron chi connectivity index (χ0n) is 23.5. The minimum atomic E-state index is -4.63. The van der Waals surface area contributed by atoms with Gasteiger partial charge in [0.25, 0.3) is 0 Å². The van der Waals surface area contributed by atoms with E-state index in [0.717, 1.165) is 49.1 Å². The standard InChI is InChI=1S/C31H34F3NO5S2/c1-3-27-23(20-10-6-4-7-11-20)17-35(21-12-8-5-9-13-21)24-16-25(40-18-31(32,33)34)22(15-28(24)42(27,38)39)26-14-19(2)29(41-26)30(36)37/h5,8-9,12-16,20,23,27H,3-4,6-7,10-11,17-18H2,1-2H3,(H,36,37). The molecule has 2 heterocycles. The van der Waals surface area contributed by atoms with Gasteiger partial charge in [-0.25, -0.2) is 13.2 Å². The van der Waals surface area contributed by atoms with E-state index in [9.17, 15) is 31.5 Å². The van der Waals surface area contributed by atoms with Gasteiger partial charge in [-0.2, -0.15) is 13.2 Å². The van der Waals surface area contributed by atoms with Crippen molar-refractivity contribution >= 4 is 38.5 Å². The first kappa shape index (κ1) is 30.4. The van der Waals surface area contributed by atoms with Crippen molar-refractivity contribution in [1.82, 2.24) is 0 Å². The van der Waals surface area contributed by atoms with Crippen LogP contribution in [0.1, 0.15) is 60.7 Å². The Morgan fingerprint density at radius 2 is 1.79 bits per heavy atom. The van der Waals surface area contributed by atoms with Crippen LogP contribution in [0.4, 0.5) is 24.5 Å². The van der Waals surface area contributed by atoms with Gasteiger partial charge in [0.1, 0.15) is 10.6 Å². The number of para-hydroxylation sites is 1. The van der Waals surface area contributed by atoms with E-state index >= 15 is 0 Å². The van der Waals surface area contributed by atoms with Crippen LogP contribution in [-0.4, -0.2) is 44.1 Å². The molecule has 2 aromatic carbocycles. The molecule has 0 bridgehead atoms. The average Bonchev–Trinajstić information content (AvgIpc) is 3.31. The summed E-state index contributed by atoms with van der Waals surface area (Å²) in [6.07, 6.45) is 0.844. The maximum Gasteiger partial charge on any atom is 0.422 e. The van der Waals surface area contributed by atoms with Gasteiger partial charge in [0.2, 0.25) is 0 Å². The Labute approximate surface area is 248 Å². The van der Waals surface area contributed by atoms with Crippen LogP contribution < -0.4 is 9.64 Å². The quantitative estimate of drug-likeness (QED) is 0.286. The smallest absolute Gasteiger partial charge is 0.422 e. The number of aromatic carboxylic acids is 1. The van der Waals surface area contributed by atoms with Crippen molar-refractivity contribution in [3.05, 3.63) is 59.0 Å². The Kier molecular flexibility index (Phi) is 8.63. The first-order chi connectivity index (χ1) is 19.9. The fourth-order valence-electron chi connectivity index (χ4n) is 6.50. The van der Waals surface area contributed by atoms with E-state index in [0.29, 0.717) is 23.4 Å². The number of benzene rings is 2. The van der Waals surface area contributed by atoms with Gasteiger partial charge < -0.3 is 14.7 Å². The van der Waals surface area contributed by atoms with Gasteiger partial charge in [0.05, 0.1) is 15.8 Å². The summed E-state index contributed by atoms with van der Waals surface area (Å²) in [5.74, 6) is -1.29. The number of hydrogen-bond donors (Lipinski definition) is 1. The Morgan fingerprint density at radius 1 is 1.10 bits per heavy atom. The topological polar surface area (TPSA) is 83.9 Å². The van der Waals surface area contributed by atoms with Crippen LogP contribution >= 0.6 is 11.3 Å². The number of carboxylic acids is 1. The van der Waals surface area contributed by atoms with Crippen molar-refractivity contribution in [3.8, 4) is 16.2 Å². The molecule has 1 saturated carbocycles. The third-order valence-electron chi connectivity index (χ3n) is 8.42. The zero-order valence-corrected chi connectivity index (χ0v) is 25.1. The summed E-state index contributed by atoms with van der Waals surface area (Å²) in [7, 11) is -3.95. The molecule has 226 valence electrons. The molecule has 0 spiro atoms. The van der Waals surface area contributed by atoms with E-state index in [2.05, 4.69) is 0 Å². The van der Waals surface area contributed by atoms with Crippen LogP contribution in [0.25, 0.3) is 10.4 Å². The number of fused-ring (bicyclic) bond motifs is 1. The number of nitrogens with zero attached hydrogens (tertiary/aromatic N) is 1. The highest BCUT2D eigenvalue weighted by molar-refractivity contribution is 7.92. The predicted octanol–water partition coefficient (Wildman–Crippen LogP) is 8.26. The number of ether oxygens (including phenoxy) is 1. The van der Waals surface area contributed by atoms with Crippen LogP contribution in [0, 0.1) is 18.8 Å². The average molecular weight is 622 g/mol. The predicted molar refractivity (Wildman–Crippen MR) is 158 cm³/mol. The Bertz CT molecular complexity index is 1550. The molecule has 2 atom stereocenters. The Hall–Kier alpha value is -3.05. The summed E-state index contributed by atoms with van der Waals surface area (Å²) in [6, 6.07) is 13.6. The highest BCUT2D eigenvalue weighted by Crippen LogP contribution is 2.49. The van der Waals surface area contributed by atoms with Gasteiger partial charge in [0.15, 0.2) is 16.4 Å². The molecule has 2 aliphatic rings. The molecule has 3 aromatic rings. The molecule has 1 aliphatic heterocycles. The summed E-state index contributed by atoms with van der Waals surface area (Å²) >= 11 is 0.882. The molecule has 2 unspecified atom stereocenters. The van der Waals surface area contributed by atoms with Crippen LogP contribution in [-0.2, 0) is 9.84 Å². The van der Waals surface area contributed by atoms with Crippen LogP contribution in [0.3, 0.4) is 0 Å². The Balaban J connectivity index is 1.76. The van der Waals surface area contributed by atoms with Crippen LogP contribution in [0.2, 0.25) is 0 Å². The van der Waals surface area contributed by atoms with Crippen molar-refractivity contribution in [2.24, 2.45) is 11.8 Å². The zero-order chi connectivity index (χ0) is 30.2. The third kappa shape index (κ3) is 6.04. The molecule has 0 radical (unpaired) electrons. The third-order valence-corrected chi connectivity index (χ3v) is 12.1. The molecule has 11 heteroatoms. The molecule has 1 fully saturated rings. The number of anilines is 2. The number of carbonyl (C=O) groups is 1. The van der Waals surface area contributed by atoms with Crippen molar-refractivity contribution in [2.45, 2.75) is 68.7 Å². The van der Waals surface area contributed by atoms with Gasteiger partial charge in [-0.15, -0.1) is 11.3 Å². The lowest BCUT2D eigenvalue weighted by Crippen LogP contribution is -2.39. The second-order valence-corrected chi connectivity index (χ2v) is 14.3. The molecule has 6 nitrogen and oxygen atoms in total. The van der Waals surface area contributed by atoms with Gasteiger partial charge >= 0.3 is 12.1 Å². The van der Waals surface area contributed by atoms with E-state index in [1.165, 1.54) is 12.1 Å². The molecule has 1 aliphatic carbocycles. The fraction of sp³-hybridized carbons (Fsp3) is 0.452. The van der Waals surface area contributed by atoms with Crippen LogP contribution in [0.15, 0.2) is 53.4 Å². The summed E-state index contributed by atoms with van der Waals surface area (Å²) in [4.78, 5) is 14.1. The van der Waals surface area contributed by atoms with E-state index < -0.39 is 33.8 Å². The van der Waals surface area contributed by atoms with E-state index in [1.807, 2.05) is 42.2 Å². The summed E-state index contributed by atoms with van der Waals surface area (Å²) < 4.78 is 74.5. The normalized spacial score (nSPS) is 21.0. The highest BCUT2D eigenvalue weighted by Gasteiger charge is 2.44. The number of sulfone groups is 1. The van der Waals surface area contributed by atoms with Crippen molar-refractivity contribution in [2.75, 3.05) is 18.1 Å². The summed E-state index contributed by atoms with van der Waals surface area (Å²) in [6.45, 7) is 2.30. The maximum absolute atomic E-state index is 14.5. The molecular weight excluding hydrogens is 587 g/mol. The van der Waals surface area contributed by atoms with E-state index in [1.54, 1.807) is 13.0 Å². The Morgan fingerprint density at radius 3 is 2.38 bits per heavy atom. The maximum atomic E-state index is 14.5. The molecule has 1 aromatic heterocycles. The number of halogens is 3. The van der Waals surface area contributed by atoms with E-state index in [4.69, 9.17) is 4.74 Å². The monoisotopic (exact) mass is 621 g/mol. The first-order valence-electron chi connectivity index (χ1n) is 14.2. The number of alkyl halides is 3. The van der Waals surface area contributed by atoms with Crippen molar-refractivity contribution in [1.29, 1.82) is 0 Å². The fourth-order valence-corrected chi connectivity index (χ4v) is 9.80. The largest absolute Gasteiger partial charge is 0.483 e. The second-order valence-electron chi connectivity index (χ2n) is 11.1. The summed E-state index contributed by atoms with van der Waals surface area (Å²) in [5.41, 5.74) is 1.56. The molecular formula is C31H34F3NO5S2. The van der Waals surface area contributed by atoms with Crippen molar-refractivity contribution in [3.63, 3.8) is 0 Å². The summed E-state index contributed by atoms with van der Waals surface area (Å²) in [5, 5.41) is 8.95. The lowest BCUT2D eigenvalue weighted by Gasteiger charge is -2.36. The van der Waals surface area contributed by atoms with Gasteiger partial charge in [-0.3, -0.25) is 0 Å². The number of rotatable bonds is 7. The van der Waals surface area contributed by atoms with E-state index in [-0.39, 0.29) is 38.6 Å². The van der Waals surface area contributed by atoms with Crippen molar-refractivity contribution < 1.29 is 36.2 Å².